The minimum Gasteiger partial charge on any atom is -0.468 e. The Hall–Kier alpha value is -4.14. The molecule has 0 saturated heterocycles. The van der Waals surface area contributed by atoms with Gasteiger partial charge in [0.05, 0.1) is 25.9 Å². The minimum absolute atomic E-state index is 0.0530. The summed E-state index contributed by atoms with van der Waals surface area (Å²) in [6, 6.07) is 10.9. The number of hydrogen-bond acceptors (Lipinski definition) is 9. The van der Waals surface area contributed by atoms with E-state index in [1.165, 1.54) is 14.2 Å². The first-order valence-corrected chi connectivity index (χ1v) is 10.7. The minimum atomic E-state index is -1.26. The molecular weight excluding hydrogens is 442 g/mol. The van der Waals surface area contributed by atoms with Gasteiger partial charge in [0.1, 0.15) is 0 Å². The van der Waals surface area contributed by atoms with Crippen LogP contribution < -0.4 is 23.8 Å². The molecule has 3 aliphatic rings. The molecule has 3 aromatic rings. The van der Waals surface area contributed by atoms with Gasteiger partial charge in [-0.05, 0) is 35.2 Å². The zero-order valence-electron chi connectivity index (χ0n) is 18.7. The second-order valence-electron chi connectivity index (χ2n) is 8.23. The van der Waals surface area contributed by atoms with Crippen LogP contribution in [0.15, 0.2) is 36.4 Å². The quantitative estimate of drug-likeness (QED) is 0.428. The number of anilines is 1. The summed E-state index contributed by atoms with van der Waals surface area (Å²) in [4.78, 5) is 27.8. The molecule has 9 nitrogen and oxygen atoms in total. The monoisotopic (exact) mass is 463 g/mol. The van der Waals surface area contributed by atoms with Crippen molar-refractivity contribution >= 4 is 28.4 Å². The molecule has 0 amide bonds. The number of carbonyl (C=O) groups excluding carboxylic acids is 2. The second-order valence-corrected chi connectivity index (χ2v) is 8.23. The highest BCUT2D eigenvalue weighted by Gasteiger charge is 2.47. The molecule has 6 rings (SSSR count). The molecule has 3 aliphatic heterocycles. The van der Waals surface area contributed by atoms with Crippen molar-refractivity contribution in [2.45, 2.75) is 6.04 Å². The molecule has 9 heteroatoms. The summed E-state index contributed by atoms with van der Waals surface area (Å²) in [5.41, 5.74) is 3.27. The van der Waals surface area contributed by atoms with Crippen LogP contribution in [0.3, 0.4) is 0 Å². The highest BCUT2D eigenvalue weighted by Crippen LogP contribution is 2.56. The van der Waals surface area contributed by atoms with E-state index in [1.807, 2.05) is 48.3 Å². The van der Waals surface area contributed by atoms with Gasteiger partial charge in [0.25, 0.3) is 0 Å². The van der Waals surface area contributed by atoms with Crippen LogP contribution in [0.1, 0.15) is 11.6 Å². The molecular formula is C25H21NO8. The number of nitrogens with zero attached hydrogens (tertiary/aromatic N) is 1. The Morgan fingerprint density at radius 3 is 2.26 bits per heavy atom. The topological polar surface area (TPSA) is 92.8 Å². The van der Waals surface area contributed by atoms with Crippen molar-refractivity contribution in [3.8, 4) is 34.1 Å². The summed E-state index contributed by atoms with van der Waals surface area (Å²) in [5.74, 6) is -0.290. The van der Waals surface area contributed by atoms with Crippen LogP contribution in [0, 0.1) is 5.92 Å². The van der Waals surface area contributed by atoms with E-state index in [0.717, 1.165) is 27.6 Å². The van der Waals surface area contributed by atoms with Gasteiger partial charge in [0, 0.05) is 23.6 Å². The van der Waals surface area contributed by atoms with E-state index in [2.05, 4.69) is 0 Å². The third-order valence-corrected chi connectivity index (χ3v) is 6.64. The number of hydrogen-bond donors (Lipinski definition) is 0. The Balaban J connectivity index is 1.67. The maximum atomic E-state index is 12.9. The molecule has 1 atom stereocenters. The molecule has 3 heterocycles. The first kappa shape index (κ1) is 20.5. The fraction of sp³-hybridized carbons (Fsp3) is 0.280. The Kier molecular flexibility index (Phi) is 4.48. The van der Waals surface area contributed by atoms with E-state index in [0.29, 0.717) is 28.6 Å². The van der Waals surface area contributed by atoms with Crippen molar-refractivity contribution in [1.82, 2.24) is 0 Å². The molecule has 0 bridgehead atoms. The molecule has 174 valence electrons. The summed E-state index contributed by atoms with van der Waals surface area (Å²) in [5, 5.41) is 1.83. The van der Waals surface area contributed by atoms with Gasteiger partial charge in [-0.1, -0.05) is 12.1 Å². The van der Waals surface area contributed by atoms with E-state index >= 15 is 0 Å². The van der Waals surface area contributed by atoms with E-state index in [4.69, 9.17) is 28.4 Å². The van der Waals surface area contributed by atoms with Gasteiger partial charge in [-0.2, -0.15) is 0 Å². The fourth-order valence-electron chi connectivity index (χ4n) is 5.15. The summed E-state index contributed by atoms with van der Waals surface area (Å²) in [6.45, 7) is 0.211. The predicted molar refractivity (Wildman–Crippen MR) is 120 cm³/mol. The first-order chi connectivity index (χ1) is 16.5. The lowest BCUT2D eigenvalue weighted by atomic mass is 9.80. The van der Waals surface area contributed by atoms with Crippen LogP contribution in [0.25, 0.3) is 21.9 Å². The number of fused-ring (bicyclic) bond motifs is 8. The SMILES string of the molecule is COC(=O)C(C(=O)OC)C1c2c(ccc3c2OCO3)-c2ccc3cc4c(cc3c2N1C)OCO4. The van der Waals surface area contributed by atoms with E-state index in [9.17, 15) is 9.59 Å². The molecule has 1 unspecified atom stereocenters. The van der Waals surface area contributed by atoms with Crippen LogP contribution in [-0.4, -0.2) is 46.8 Å². The van der Waals surface area contributed by atoms with E-state index < -0.39 is 23.9 Å². The Labute approximate surface area is 194 Å². The molecule has 34 heavy (non-hydrogen) atoms. The van der Waals surface area contributed by atoms with Crippen molar-refractivity contribution in [3.63, 3.8) is 0 Å². The average molecular weight is 463 g/mol. The van der Waals surface area contributed by atoms with Gasteiger partial charge in [-0.15, -0.1) is 0 Å². The van der Waals surface area contributed by atoms with Gasteiger partial charge < -0.3 is 33.3 Å². The highest BCUT2D eigenvalue weighted by atomic mass is 16.7. The molecule has 0 fully saturated rings. The van der Waals surface area contributed by atoms with Crippen molar-refractivity contribution in [2.75, 3.05) is 39.8 Å². The number of benzene rings is 3. The maximum Gasteiger partial charge on any atom is 0.322 e. The number of rotatable bonds is 3. The van der Waals surface area contributed by atoms with E-state index in [1.54, 1.807) is 0 Å². The smallest absolute Gasteiger partial charge is 0.322 e. The van der Waals surface area contributed by atoms with Gasteiger partial charge in [0.2, 0.25) is 13.6 Å². The summed E-state index contributed by atoms with van der Waals surface area (Å²) in [6.07, 6.45) is 0. The lowest BCUT2D eigenvalue weighted by Gasteiger charge is -2.40. The summed E-state index contributed by atoms with van der Waals surface area (Å²) >= 11 is 0. The first-order valence-electron chi connectivity index (χ1n) is 10.7. The molecule has 0 saturated carbocycles. The molecule has 0 aromatic heterocycles. The second kappa shape index (κ2) is 7.44. The maximum absolute atomic E-state index is 12.9. The molecule has 0 radical (unpaired) electrons. The molecule has 0 spiro atoms. The van der Waals surface area contributed by atoms with Crippen molar-refractivity contribution < 1.29 is 38.0 Å². The highest BCUT2D eigenvalue weighted by molar-refractivity contribution is 6.07. The lowest BCUT2D eigenvalue weighted by molar-refractivity contribution is -0.160. The summed E-state index contributed by atoms with van der Waals surface area (Å²) < 4.78 is 32.7. The van der Waals surface area contributed by atoms with Gasteiger partial charge in [-0.3, -0.25) is 9.59 Å². The number of methoxy groups -OCH3 is 2. The Bertz CT molecular complexity index is 1350. The van der Waals surface area contributed by atoms with Crippen molar-refractivity contribution in [3.05, 3.63) is 42.0 Å². The summed E-state index contributed by atoms with van der Waals surface area (Å²) in [7, 11) is 4.34. The molecule has 0 N–H and O–H groups in total. The third kappa shape index (κ3) is 2.73. The average Bonchev–Trinajstić information content (AvgIpc) is 3.52. The van der Waals surface area contributed by atoms with Gasteiger partial charge in [0.15, 0.2) is 28.9 Å². The Morgan fingerprint density at radius 1 is 0.882 bits per heavy atom. The normalized spacial score (nSPS) is 16.9. The standard InChI is InChI=1S/C25H21NO8/c1-26-21-14(5-4-12-8-17-18(9-15(12)21)33-10-32-17)13-6-7-16-23(34-11-31-16)19(13)22(26)20(24(27)29-2)25(28)30-3/h4-9,20,22H,10-11H2,1-3H3. The van der Waals surface area contributed by atoms with E-state index in [-0.39, 0.29) is 13.6 Å². The van der Waals surface area contributed by atoms with Crippen LogP contribution in [0.2, 0.25) is 0 Å². The largest absolute Gasteiger partial charge is 0.468 e. The van der Waals surface area contributed by atoms with Gasteiger partial charge in [-0.25, -0.2) is 0 Å². The zero-order valence-corrected chi connectivity index (χ0v) is 18.7. The van der Waals surface area contributed by atoms with Crippen LogP contribution in [0.5, 0.6) is 23.0 Å². The molecule has 0 aliphatic carbocycles. The number of carbonyl (C=O) groups is 2. The van der Waals surface area contributed by atoms with Crippen LogP contribution in [-0.2, 0) is 19.1 Å². The zero-order chi connectivity index (χ0) is 23.6. The van der Waals surface area contributed by atoms with Crippen LogP contribution in [0.4, 0.5) is 5.69 Å². The fourth-order valence-corrected chi connectivity index (χ4v) is 5.15. The predicted octanol–water partition coefficient (Wildman–Crippen LogP) is 3.42. The Morgan fingerprint density at radius 2 is 1.53 bits per heavy atom. The number of ether oxygens (including phenoxy) is 6. The van der Waals surface area contributed by atoms with Gasteiger partial charge >= 0.3 is 11.9 Å². The third-order valence-electron chi connectivity index (χ3n) is 6.64. The lowest BCUT2D eigenvalue weighted by Crippen LogP contribution is -2.42. The number of esters is 2. The van der Waals surface area contributed by atoms with Crippen molar-refractivity contribution in [1.29, 1.82) is 0 Å². The van der Waals surface area contributed by atoms with Crippen LogP contribution >= 0.6 is 0 Å². The van der Waals surface area contributed by atoms with Crippen molar-refractivity contribution in [2.24, 2.45) is 5.92 Å². The molecule has 3 aromatic carbocycles.